The number of benzene rings is 2. The molecule has 2 aliphatic rings. The summed E-state index contributed by atoms with van der Waals surface area (Å²) in [6.07, 6.45) is -5.01. The highest BCUT2D eigenvalue weighted by atomic mass is 35.5. The first kappa shape index (κ1) is 36.4. The van der Waals surface area contributed by atoms with E-state index in [1.807, 2.05) is 19.0 Å². The van der Waals surface area contributed by atoms with Gasteiger partial charge >= 0.3 is 12.3 Å². The van der Waals surface area contributed by atoms with Crippen LogP contribution in [0.4, 0.5) is 28.2 Å². The number of anilines is 1. The summed E-state index contributed by atoms with van der Waals surface area (Å²) in [6.45, 7) is 8.49. The molecule has 0 aliphatic carbocycles. The van der Waals surface area contributed by atoms with Crippen molar-refractivity contribution in [2.24, 2.45) is 0 Å². The molecule has 4 aromatic rings. The first-order valence-corrected chi connectivity index (χ1v) is 16.9. The number of methoxy groups -OCH3 is 1. The number of fused-ring (bicyclic) bond motifs is 3. The van der Waals surface area contributed by atoms with E-state index in [1.54, 1.807) is 20.8 Å². The summed E-state index contributed by atoms with van der Waals surface area (Å²) >= 11 is 6.30. The summed E-state index contributed by atoms with van der Waals surface area (Å²) in [6, 6.07) is 6.13. The molecule has 0 spiro atoms. The van der Waals surface area contributed by atoms with E-state index in [0.717, 1.165) is 6.07 Å². The zero-order valence-corrected chi connectivity index (χ0v) is 30.2. The fourth-order valence-electron chi connectivity index (χ4n) is 6.98. The van der Waals surface area contributed by atoms with Crippen LogP contribution in [0.5, 0.6) is 5.75 Å². The normalized spacial score (nSPS) is 19.4. The minimum atomic E-state index is -5.00. The van der Waals surface area contributed by atoms with Crippen LogP contribution in [0.2, 0.25) is 5.02 Å². The van der Waals surface area contributed by atoms with E-state index in [2.05, 4.69) is 33.2 Å². The van der Waals surface area contributed by atoms with Crippen LogP contribution in [0.25, 0.3) is 33.1 Å². The zero-order chi connectivity index (χ0) is 37.2. The Hall–Kier alpha value is -4.42. The summed E-state index contributed by atoms with van der Waals surface area (Å²) in [5.74, 6) is -1.03. The number of para-hydroxylation sites is 1. The average Bonchev–Trinajstić information content (AvgIpc) is 3.47. The monoisotopic (exact) mass is 730 g/mol. The van der Waals surface area contributed by atoms with Crippen LogP contribution in [0, 0.1) is 17.1 Å². The molecule has 2 saturated heterocycles. The third kappa shape index (κ3) is 6.48. The van der Waals surface area contributed by atoms with E-state index in [-0.39, 0.29) is 69.0 Å². The van der Waals surface area contributed by atoms with Crippen molar-refractivity contribution in [3.8, 4) is 22.9 Å². The fraction of sp³-hybridized carbons (Fsp3) is 0.514. The quantitative estimate of drug-likeness (QED) is 0.187. The van der Waals surface area contributed by atoms with Gasteiger partial charge in [-0.15, -0.1) is 5.10 Å². The van der Waals surface area contributed by atoms with Gasteiger partial charge < -0.3 is 24.2 Å². The van der Waals surface area contributed by atoms with Crippen LogP contribution >= 0.6 is 11.6 Å². The first-order valence-electron chi connectivity index (χ1n) is 16.5. The molecule has 2 fully saturated rings. The van der Waals surface area contributed by atoms with Gasteiger partial charge in [0.2, 0.25) is 0 Å². The molecular formula is C35H39ClF4N8O3. The predicted octanol–water partition coefficient (Wildman–Crippen LogP) is 7.46. The number of alkyl halides is 3. The minimum absolute atomic E-state index is 0.00942. The maximum atomic E-state index is 17.1. The lowest BCUT2D eigenvalue weighted by Crippen LogP contribution is -2.67. The third-order valence-electron chi connectivity index (χ3n) is 9.80. The molecule has 4 heterocycles. The van der Waals surface area contributed by atoms with Crippen LogP contribution in [0.15, 0.2) is 24.3 Å². The molecule has 0 N–H and O–H groups in total. The van der Waals surface area contributed by atoms with Gasteiger partial charge in [0.1, 0.15) is 22.4 Å². The summed E-state index contributed by atoms with van der Waals surface area (Å²) in [7, 11) is 5.14. The molecule has 11 nitrogen and oxygen atoms in total. The highest BCUT2D eigenvalue weighted by Crippen LogP contribution is 2.48. The number of amides is 1. The number of carbonyl (C=O) groups is 1. The number of hydrogen-bond acceptors (Lipinski definition) is 9. The van der Waals surface area contributed by atoms with Crippen molar-refractivity contribution >= 4 is 45.4 Å². The Balaban J connectivity index is 1.58. The van der Waals surface area contributed by atoms with E-state index in [9.17, 15) is 23.2 Å². The molecule has 1 unspecified atom stereocenters. The van der Waals surface area contributed by atoms with Gasteiger partial charge in [-0.2, -0.15) is 18.4 Å². The number of carbonyl (C=O) groups excluding carboxylic acids is 1. The number of nitrogens with zero attached hydrogens (tertiary/aromatic N) is 8. The van der Waals surface area contributed by atoms with E-state index >= 15 is 4.39 Å². The molecule has 2 aliphatic heterocycles. The molecular weight excluding hydrogens is 692 g/mol. The van der Waals surface area contributed by atoms with Gasteiger partial charge in [-0.25, -0.2) is 18.9 Å². The van der Waals surface area contributed by atoms with Crippen LogP contribution in [-0.2, 0) is 10.9 Å². The van der Waals surface area contributed by atoms with Crippen molar-refractivity contribution in [1.82, 2.24) is 29.8 Å². The number of halogens is 5. The number of piperidine rings is 1. The van der Waals surface area contributed by atoms with Gasteiger partial charge in [0, 0.05) is 36.1 Å². The molecule has 1 amide bonds. The highest BCUT2D eigenvalue weighted by molar-refractivity contribution is 6.32. The standard InChI is InChI=1S/C35H39ClF4N8O3/c1-33(2,3)51-32(49)47-14-12-20(15-19(47)11-13-41)48-29-22-16-23(35(38,39)40)25(21-9-8-10-24(36)30(21)50-7)26(37)27(22)42-31(28(29)43-44-48)46-17-34(4,18-46)45(5)6/h8-10,16,19-20H,11-12,14-15,17-18H2,1-7H3/t19-,20?/m1/s1. The number of pyridine rings is 1. The number of rotatable bonds is 6. The molecule has 6 rings (SSSR count). The Morgan fingerprint density at radius 1 is 1.20 bits per heavy atom. The Morgan fingerprint density at radius 3 is 2.51 bits per heavy atom. The second kappa shape index (κ2) is 13.0. The van der Waals surface area contributed by atoms with Crippen molar-refractivity contribution in [2.45, 2.75) is 76.4 Å². The van der Waals surface area contributed by atoms with Gasteiger partial charge in [0.15, 0.2) is 17.2 Å². The van der Waals surface area contributed by atoms with Gasteiger partial charge in [0.25, 0.3) is 0 Å². The highest BCUT2D eigenvalue weighted by Gasteiger charge is 2.44. The molecule has 272 valence electrons. The number of ether oxygens (including phenoxy) is 2. The maximum absolute atomic E-state index is 17.1. The van der Waals surface area contributed by atoms with Crippen molar-refractivity contribution in [3.05, 3.63) is 40.7 Å². The molecule has 51 heavy (non-hydrogen) atoms. The van der Waals surface area contributed by atoms with Gasteiger partial charge in [0.05, 0.1) is 47.8 Å². The van der Waals surface area contributed by atoms with Crippen molar-refractivity contribution in [1.29, 1.82) is 5.26 Å². The Bertz CT molecular complexity index is 2050. The molecule has 2 atom stereocenters. The summed E-state index contributed by atoms with van der Waals surface area (Å²) in [5.41, 5.74) is -3.08. The summed E-state index contributed by atoms with van der Waals surface area (Å²) < 4.78 is 74.4. The summed E-state index contributed by atoms with van der Waals surface area (Å²) in [4.78, 5) is 23.2. The van der Waals surface area contributed by atoms with Gasteiger partial charge in [-0.3, -0.25) is 0 Å². The molecule has 2 aromatic heterocycles. The van der Waals surface area contributed by atoms with Crippen LogP contribution < -0.4 is 9.64 Å². The van der Waals surface area contributed by atoms with Gasteiger partial charge in [-0.1, -0.05) is 28.9 Å². The topological polar surface area (TPSA) is 113 Å². The van der Waals surface area contributed by atoms with Crippen LogP contribution in [0.1, 0.15) is 58.6 Å². The van der Waals surface area contributed by atoms with E-state index in [0.29, 0.717) is 19.5 Å². The van der Waals surface area contributed by atoms with Crippen LogP contribution in [0.3, 0.4) is 0 Å². The van der Waals surface area contributed by atoms with E-state index < -0.39 is 46.9 Å². The SMILES string of the molecule is COc1c(Cl)cccc1-c1c(C(F)(F)F)cc2c(nc(N3CC(C)(N(C)C)C3)c3nnn(C4CCN(C(=O)OC(C)(C)C)[C@H](CC#N)C4)c32)c1F. The van der Waals surface area contributed by atoms with E-state index in [4.69, 9.17) is 21.1 Å². The molecule has 0 saturated carbocycles. The molecule has 0 bridgehead atoms. The Labute approximate surface area is 297 Å². The first-order chi connectivity index (χ1) is 23.9. The van der Waals surface area contributed by atoms with Crippen molar-refractivity contribution in [3.63, 3.8) is 0 Å². The molecule has 0 radical (unpaired) electrons. The third-order valence-corrected chi connectivity index (χ3v) is 10.1. The second-order valence-corrected chi connectivity index (χ2v) is 15.0. The smallest absolute Gasteiger partial charge is 0.417 e. The van der Waals surface area contributed by atoms with Crippen LogP contribution in [-0.4, -0.2) is 93.9 Å². The average molecular weight is 731 g/mol. The van der Waals surface area contributed by atoms with Crippen molar-refractivity contribution in [2.75, 3.05) is 45.7 Å². The predicted molar refractivity (Wildman–Crippen MR) is 184 cm³/mol. The zero-order valence-electron chi connectivity index (χ0n) is 29.4. The Kier molecular flexibility index (Phi) is 9.25. The summed E-state index contributed by atoms with van der Waals surface area (Å²) in [5, 5.41) is 18.4. The number of aromatic nitrogens is 4. The lowest BCUT2D eigenvalue weighted by Gasteiger charge is -2.52. The van der Waals surface area contributed by atoms with E-state index in [1.165, 1.54) is 34.9 Å². The number of likely N-dealkylation sites (N-methyl/N-ethyl adjacent to an activating group) is 1. The molecule has 16 heteroatoms. The molecule has 2 aromatic carbocycles. The maximum Gasteiger partial charge on any atom is 0.417 e. The number of nitriles is 1. The Morgan fingerprint density at radius 2 is 1.90 bits per heavy atom. The van der Waals surface area contributed by atoms with Gasteiger partial charge in [-0.05, 0) is 66.8 Å². The fourth-order valence-corrected chi connectivity index (χ4v) is 7.23. The van der Waals surface area contributed by atoms with Crippen molar-refractivity contribution < 1.29 is 31.8 Å². The minimum Gasteiger partial charge on any atom is -0.495 e. The second-order valence-electron chi connectivity index (χ2n) is 14.6. The largest absolute Gasteiger partial charge is 0.495 e. The number of likely N-dealkylation sites (tertiary alicyclic amines) is 1. The lowest BCUT2D eigenvalue weighted by atomic mass is 9.90. The lowest BCUT2D eigenvalue weighted by molar-refractivity contribution is -0.137. The number of hydrogen-bond donors (Lipinski definition) is 0.